The van der Waals surface area contributed by atoms with Crippen molar-refractivity contribution in [1.82, 2.24) is 4.31 Å². The third kappa shape index (κ3) is 4.12. The molecule has 0 bridgehead atoms. The minimum absolute atomic E-state index is 0.160. The summed E-state index contributed by atoms with van der Waals surface area (Å²) in [5, 5.41) is 3.55. The Morgan fingerprint density at radius 2 is 2.03 bits per heavy atom. The third-order valence-electron chi connectivity index (χ3n) is 4.95. The molecule has 7 nitrogen and oxygen atoms in total. The standard InChI is InChI=1S/C20H20N2O5S2/c1-13-4-9-19(28-13)29(25,26)22-10-2-3-15(12-22)20(24)21-16-6-7-17-14(11-16)5-8-18(23)27-17/h4-9,11,15H,2-3,10,12H2,1H3,(H,21,24). The van der Waals surface area contributed by atoms with Crippen LogP contribution in [-0.4, -0.2) is 31.7 Å². The predicted molar refractivity (Wildman–Crippen MR) is 112 cm³/mol. The Hall–Kier alpha value is -2.49. The lowest BCUT2D eigenvalue weighted by Crippen LogP contribution is -2.43. The number of benzene rings is 1. The van der Waals surface area contributed by atoms with E-state index in [1.807, 2.05) is 6.92 Å². The van der Waals surface area contributed by atoms with Crippen LogP contribution in [0.2, 0.25) is 0 Å². The molecule has 152 valence electrons. The number of aryl methyl sites for hydroxylation is 1. The maximum atomic E-state index is 12.9. The summed E-state index contributed by atoms with van der Waals surface area (Å²) < 4.78 is 32.5. The normalized spacial score (nSPS) is 18.0. The fraction of sp³-hybridized carbons (Fsp3) is 0.300. The number of hydrogen-bond donors (Lipinski definition) is 1. The summed E-state index contributed by atoms with van der Waals surface area (Å²) in [6.07, 6.45) is 1.26. The lowest BCUT2D eigenvalue weighted by atomic mass is 9.98. The second-order valence-corrected chi connectivity index (χ2v) is 10.5. The van der Waals surface area contributed by atoms with Crippen LogP contribution in [0.25, 0.3) is 11.0 Å². The summed E-state index contributed by atoms with van der Waals surface area (Å²) in [4.78, 5) is 25.0. The maximum absolute atomic E-state index is 12.9. The van der Waals surface area contributed by atoms with Crippen LogP contribution < -0.4 is 10.9 Å². The molecule has 1 aromatic carbocycles. The molecule has 0 aliphatic carbocycles. The van der Waals surface area contributed by atoms with Crippen molar-refractivity contribution in [3.05, 3.63) is 57.8 Å². The Morgan fingerprint density at radius 3 is 2.79 bits per heavy atom. The van der Waals surface area contributed by atoms with Gasteiger partial charge in [-0.3, -0.25) is 4.79 Å². The first-order chi connectivity index (χ1) is 13.8. The van der Waals surface area contributed by atoms with Crippen LogP contribution in [0.1, 0.15) is 17.7 Å². The van der Waals surface area contributed by atoms with E-state index in [4.69, 9.17) is 4.42 Å². The highest BCUT2D eigenvalue weighted by atomic mass is 32.2. The van der Waals surface area contributed by atoms with E-state index in [2.05, 4.69) is 5.32 Å². The van der Waals surface area contributed by atoms with Crippen LogP contribution in [0.5, 0.6) is 0 Å². The molecule has 3 aromatic rings. The molecule has 1 unspecified atom stereocenters. The van der Waals surface area contributed by atoms with Crippen LogP contribution in [0.15, 0.2) is 55.9 Å². The van der Waals surface area contributed by atoms with Crippen LogP contribution in [0.3, 0.4) is 0 Å². The van der Waals surface area contributed by atoms with Gasteiger partial charge >= 0.3 is 5.63 Å². The molecule has 1 atom stereocenters. The van der Waals surface area contributed by atoms with Crippen molar-refractivity contribution < 1.29 is 17.6 Å². The number of rotatable bonds is 4. The van der Waals surface area contributed by atoms with Gasteiger partial charge in [-0.05, 0) is 56.2 Å². The Bertz CT molecular complexity index is 1230. The Labute approximate surface area is 172 Å². The zero-order valence-corrected chi connectivity index (χ0v) is 17.4. The number of piperidine rings is 1. The number of thiophene rings is 1. The smallest absolute Gasteiger partial charge is 0.336 e. The number of carbonyl (C=O) groups is 1. The molecule has 3 heterocycles. The van der Waals surface area contributed by atoms with Gasteiger partial charge in [-0.1, -0.05) is 0 Å². The number of hydrogen-bond acceptors (Lipinski definition) is 6. The summed E-state index contributed by atoms with van der Waals surface area (Å²) in [7, 11) is -3.58. The summed E-state index contributed by atoms with van der Waals surface area (Å²) in [6.45, 7) is 2.44. The van der Waals surface area contributed by atoms with Crippen molar-refractivity contribution in [2.75, 3.05) is 18.4 Å². The average molecular weight is 433 g/mol. The lowest BCUT2D eigenvalue weighted by molar-refractivity contribution is -0.120. The van der Waals surface area contributed by atoms with Gasteiger partial charge in [0.1, 0.15) is 9.79 Å². The number of fused-ring (bicyclic) bond motifs is 1. The average Bonchev–Trinajstić information content (AvgIpc) is 3.15. The Kier molecular flexibility index (Phi) is 5.28. The van der Waals surface area contributed by atoms with Gasteiger partial charge in [-0.25, -0.2) is 13.2 Å². The number of anilines is 1. The molecule has 0 saturated carbocycles. The number of nitrogens with zero attached hydrogens (tertiary/aromatic N) is 1. The molecule has 0 radical (unpaired) electrons. The lowest BCUT2D eigenvalue weighted by Gasteiger charge is -2.30. The van der Waals surface area contributed by atoms with E-state index >= 15 is 0 Å². The van der Waals surface area contributed by atoms with E-state index in [-0.39, 0.29) is 12.5 Å². The first-order valence-electron chi connectivity index (χ1n) is 9.24. The molecule has 1 aliphatic heterocycles. The first-order valence-corrected chi connectivity index (χ1v) is 11.5. The molecule has 1 N–H and O–H groups in total. The van der Waals surface area contributed by atoms with Gasteiger partial charge in [0.15, 0.2) is 0 Å². The summed E-state index contributed by atoms with van der Waals surface area (Å²) in [6, 6.07) is 11.4. The number of sulfonamides is 1. The van der Waals surface area contributed by atoms with Crippen molar-refractivity contribution >= 4 is 43.9 Å². The predicted octanol–water partition coefficient (Wildman–Crippen LogP) is 3.20. The van der Waals surface area contributed by atoms with Gasteiger partial charge in [0.25, 0.3) is 10.0 Å². The topological polar surface area (TPSA) is 96.7 Å². The molecule has 29 heavy (non-hydrogen) atoms. The van der Waals surface area contributed by atoms with E-state index in [1.54, 1.807) is 36.4 Å². The van der Waals surface area contributed by atoms with E-state index in [0.29, 0.717) is 40.3 Å². The maximum Gasteiger partial charge on any atom is 0.336 e. The molecule has 1 aliphatic rings. The second-order valence-electron chi connectivity index (χ2n) is 7.06. The van der Waals surface area contributed by atoms with Crippen LogP contribution >= 0.6 is 11.3 Å². The van der Waals surface area contributed by atoms with Crippen molar-refractivity contribution in [2.45, 2.75) is 24.0 Å². The minimum atomic E-state index is -3.58. The van der Waals surface area contributed by atoms with Crippen LogP contribution in [0.4, 0.5) is 5.69 Å². The second kappa shape index (κ2) is 7.74. The molecule has 4 rings (SSSR count). The molecule has 1 saturated heterocycles. The van der Waals surface area contributed by atoms with E-state index in [9.17, 15) is 18.0 Å². The van der Waals surface area contributed by atoms with Gasteiger partial charge in [0.05, 0.1) is 5.92 Å². The van der Waals surface area contributed by atoms with Crippen molar-refractivity contribution in [3.63, 3.8) is 0 Å². The van der Waals surface area contributed by atoms with E-state index in [0.717, 1.165) is 4.88 Å². The van der Waals surface area contributed by atoms with E-state index in [1.165, 1.54) is 21.7 Å². The highest BCUT2D eigenvalue weighted by Crippen LogP contribution is 2.29. The fourth-order valence-corrected chi connectivity index (χ4v) is 6.41. The Balaban J connectivity index is 1.49. The van der Waals surface area contributed by atoms with Gasteiger partial charge in [0.2, 0.25) is 5.91 Å². The molecule has 0 spiro atoms. The monoisotopic (exact) mass is 432 g/mol. The quantitative estimate of drug-likeness (QED) is 0.639. The highest BCUT2D eigenvalue weighted by molar-refractivity contribution is 7.91. The largest absolute Gasteiger partial charge is 0.423 e. The zero-order valence-electron chi connectivity index (χ0n) is 15.8. The molecule has 9 heteroatoms. The number of amides is 1. The molecule has 1 amide bonds. The van der Waals surface area contributed by atoms with Gasteiger partial charge in [-0.15, -0.1) is 11.3 Å². The van der Waals surface area contributed by atoms with Crippen molar-refractivity contribution in [1.29, 1.82) is 0 Å². The molecular weight excluding hydrogens is 412 g/mol. The number of carbonyl (C=O) groups excluding carboxylic acids is 1. The highest BCUT2D eigenvalue weighted by Gasteiger charge is 2.34. The first kappa shape index (κ1) is 19.8. The Morgan fingerprint density at radius 1 is 1.21 bits per heavy atom. The number of nitrogens with one attached hydrogen (secondary N) is 1. The fourth-order valence-electron chi connectivity index (χ4n) is 3.45. The van der Waals surface area contributed by atoms with Crippen molar-refractivity contribution in [3.8, 4) is 0 Å². The molecule has 2 aromatic heterocycles. The minimum Gasteiger partial charge on any atom is -0.423 e. The van der Waals surface area contributed by atoms with Gasteiger partial charge in [-0.2, -0.15) is 4.31 Å². The SMILES string of the molecule is Cc1ccc(S(=O)(=O)N2CCCC(C(=O)Nc3ccc4oc(=O)ccc4c3)C2)s1. The van der Waals surface area contributed by atoms with Gasteiger partial charge < -0.3 is 9.73 Å². The molecule has 1 fully saturated rings. The van der Waals surface area contributed by atoms with E-state index < -0.39 is 21.6 Å². The summed E-state index contributed by atoms with van der Waals surface area (Å²) in [5.41, 5.74) is 0.584. The van der Waals surface area contributed by atoms with Crippen LogP contribution in [0, 0.1) is 12.8 Å². The summed E-state index contributed by atoms with van der Waals surface area (Å²) >= 11 is 1.24. The van der Waals surface area contributed by atoms with Gasteiger partial charge in [0, 0.05) is 35.1 Å². The molecular formula is C20H20N2O5S2. The third-order valence-corrected chi connectivity index (χ3v) is 8.28. The van der Waals surface area contributed by atoms with Crippen molar-refractivity contribution in [2.24, 2.45) is 5.92 Å². The summed E-state index contributed by atoms with van der Waals surface area (Å²) in [5.74, 6) is -0.645. The van der Waals surface area contributed by atoms with Crippen LogP contribution in [-0.2, 0) is 14.8 Å². The zero-order chi connectivity index (χ0) is 20.6.